The Morgan fingerprint density at radius 1 is 0.649 bits per heavy atom. The lowest BCUT2D eigenvalue weighted by Gasteiger charge is -2.46. The Bertz CT molecular complexity index is 1150. The molecule has 12 unspecified atom stereocenters. The van der Waals surface area contributed by atoms with Crippen molar-refractivity contribution in [3.8, 4) is 0 Å². The average molecular weight is 814 g/mol. The number of ether oxygens (including phenoxy) is 4. The van der Waals surface area contributed by atoms with Crippen molar-refractivity contribution in [2.24, 2.45) is 0 Å². The van der Waals surface area contributed by atoms with Crippen LogP contribution in [0, 0.1) is 0 Å². The van der Waals surface area contributed by atoms with E-state index < -0.39 is 86.8 Å². The second-order valence-corrected chi connectivity index (χ2v) is 15.1. The molecule has 1 amide bonds. The minimum atomic E-state index is -1.79. The fraction of sp³-hybridized carbons (Fsp3) is 0.791. The second kappa shape index (κ2) is 30.9. The number of hydrogen-bond acceptors (Lipinski definition) is 13. The van der Waals surface area contributed by atoms with E-state index in [2.05, 4.69) is 67.8 Å². The number of carbonyl (C=O) groups is 1. The number of hydrogen-bond donors (Lipinski definition) is 9. The monoisotopic (exact) mass is 814 g/mol. The summed E-state index contributed by atoms with van der Waals surface area (Å²) in [5.41, 5.74) is 0. The van der Waals surface area contributed by atoms with E-state index in [0.29, 0.717) is 12.8 Å². The van der Waals surface area contributed by atoms with E-state index in [1.165, 1.54) is 25.7 Å². The van der Waals surface area contributed by atoms with E-state index in [0.717, 1.165) is 64.2 Å². The molecule has 14 nitrogen and oxygen atoms in total. The summed E-state index contributed by atoms with van der Waals surface area (Å²) in [4.78, 5) is 13.0. The van der Waals surface area contributed by atoms with Crippen molar-refractivity contribution in [2.45, 2.75) is 197 Å². The summed E-state index contributed by atoms with van der Waals surface area (Å²) < 4.78 is 22.6. The highest BCUT2D eigenvalue weighted by Crippen LogP contribution is 2.30. The Kier molecular flexibility index (Phi) is 27.7. The molecule has 2 aliphatic heterocycles. The van der Waals surface area contributed by atoms with Gasteiger partial charge in [0.05, 0.1) is 32.0 Å². The fourth-order valence-electron chi connectivity index (χ4n) is 6.75. The average Bonchev–Trinajstić information content (AvgIpc) is 3.21. The Morgan fingerprint density at radius 3 is 1.82 bits per heavy atom. The summed E-state index contributed by atoms with van der Waals surface area (Å²) in [5.74, 6) is -0.255. The Balaban J connectivity index is 1.91. The highest BCUT2D eigenvalue weighted by molar-refractivity contribution is 5.76. The van der Waals surface area contributed by atoms with Crippen LogP contribution in [0.5, 0.6) is 0 Å². The first kappa shape index (κ1) is 51.1. The van der Waals surface area contributed by atoms with Gasteiger partial charge in [0.1, 0.15) is 48.8 Å². The van der Waals surface area contributed by atoms with Crippen molar-refractivity contribution in [1.29, 1.82) is 0 Å². The SMILES string of the molecule is CC/C=C\C/C=C\C/C=C\C/C=C\CCCCC(=O)NC(COC1OC(CO)C(OC2OC(CO)C(O)C(O)C2O)C(O)C1O)C(O)CCCCCCCCCC. The van der Waals surface area contributed by atoms with Gasteiger partial charge in [-0.3, -0.25) is 4.79 Å². The molecule has 0 radical (unpaired) electrons. The first-order valence-corrected chi connectivity index (χ1v) is 21.4. The summed E-state index contributed by atoms with van der Waals surface area (Å²) in [6.07, 6.45) is 15.8. The molecule has 14 heteroatoms. The van der Waals surface area contributed by atoms with E-state index in [-0.39, 0.29) is 18.9 Å². The third kappa shape index (κ3) is 19.7. The van der Waals surface area contributed by atoms with Gasteiger partial charge in [0.2, 0.25) is 5.91 Å². The Hall–Kier alpha value is -2.05. The van der Waals surface area contributed by atoms with Crippen LogP contribution in [0.4, 0.5) is 0 Å². The van der Waals surface area contributed by atoms with E-state index in [9.17, 15) is 45.6 Å². The Labute approximate surface area is 340 Å². The molecule has 2 fully saturated rings. The number of carbonyl (C=O) groups excluding carboxylic acids is 1. The predicted octanol–water partition coefficient (Wildman–Crippen LogP) is 3.37. The topological polar surface area (TPSA) is 228 Å². The van der Waals surface area contributed by atoms with Gasteiger partial charge >= 0.3 is 0 Å². The van der Waals surface area contributed by atoms with Crippen molar-refractivity contribution >= 4 is 5.91 Å². The maximum atomic E-state index is 13.0. The van der Waals surface area contributed by atoms with Gasteiger partial charge in [0.15, 0.2) is 12.6 Å². The zero-order valence-electron chi connectivity index (χ0n) is 34.3. The second-order valence-electron chi connectivity index (χ2n) is 15.1. The van der Waals surface area contributed by atoms with Crippen molar-refractivity contribution in [3.63, 3.8) is 0 Å². The summed E-state index contributed by atoms with van der Waals surface area (Å²) in [6, 6.07) is -0.847. The molecule has 0 aromatic rings. The van der Waals surface area contributed by atoms with Crippen LogP contribution in [-0.2, 0) is 23.7 Å². The molecule has 12 atom stereocenters. The molecule has 0 spiro atoms. The summed E-state index contributed by atoms with van der Waals surface area (Å²) in [7, 11) is 0. The van der Waals surface area contributed by atoms with Crippen molar-refractivity contribution in [3.05, 3.63) is 48.6 Å². The molecule has 2 heterocycles. The van der Waals surface area contributed by atoms with Gasteiger partial charge in [-0.1, -0.05) is 114 Å². The first-order chi connectivity index (χ1) is 27.6. The number of rotatable bonds is 30. The van der Waals surface area contributed by atoms with Crippen molar-refractivity contribution in [1.82, 2.24) is 5.32 Å². The van der Waals surface area contributed by atoms with Gasteiger partial charge in [0, 0.05) is 6.42 Å². The van der Waals surface area contributed by atoms with Crippen LogP contribution < -0.4 is 5.32 Å². The lowest BCUT2D eigenvalue weighted by molar-refractivity contribution is -0.359. The zero-order valence-corrected chi connectivity index (χ0v) is 34.3. The molecule has 57 heavy (non-hydrogen) atoms. The standard InChI is InChI=1S/C43H75NO13/c1-3-5-7-9-11-13-14-15-16-17-18-19-21-23-25-27-35(48)44-31(32(47)26-24-22-20-12-10-8-6-4-2)30-54-42-40(53)38(51)41(34(29-46)56-42)57-43-39(52)37(50)36(49)33(28-45)55-43/h5,7,11,13,15-16,18-19,31-34,36-43,45-47,49-53H,3-4,6,8-10,12,14,17,20-30H2,1-2H3,(H,44,48)/b7-5-,13-11-,16-15-,19-18-. The molecule has 0 aromatic heterocycles. The fourth-order valence-corrected chi connectivity index (χ4v) is 6.75. The van der Waals surface area contributed by atoms with Gasteiger partial charge in [-0.25, -0.2) is 0 Å². The summed E-state index contributed by atoms with van der Waals surface area (Å²) >= 11 is 0. The molecule has 2 rings (SSSR count). The number of nitrogens with one attached hydrogen (secondary N) is 1. The maximum Gasteiger partial charge on any atom is 0.220 e. The molecule has 2 aliphatic rings. The largest absolute Gasteiger partial charge is 0.394 e. The molecule has 330 valence electrons. The molecular weight excluding hydrogens is 738 g/mol. The van der Waals surface area contributed by atoms with Gasteiger partial charge < -0.3 is 65.1 Å². The van der Waals surface area contributed by atoms with E-state index in [1.54, 1.807) is 0 Å². The molecule has 0 aromatic carbocycles. The van der Waals surface area contributed by atoms with Crippen LogP contribution in [-0.4, -0.2) is 140 Å². The quantitative estimate of drug-likeness (QED) is 0.0375. The zero-order chi connectivity index (χ0) is 41.8. The van der Waals surface area contributed by atoms with E-state index in [1.807, 2.05) is 0 Å². The number of unbranched alkanes of at least 4 members (excludes halogenated alkanes) is 9. The molecule has 2 saturated heterocycles. The number of aliphatic hydroxyl groups excluding tert-OH is 8. The lowest BCUT2D eigenvalue weighted by atomic mass is 9.97. The molecule has 9 N–H and O–H groups in total. The van der Waals surface area contributed by atoms with Gasteiger partial charge in [0.25, 0.3) is 0 Å². The first-order valence-electron chi connectivity index (χ1n) is 21.4. The lowest BCUT2D eigenvalue weighted by Crippen LogP contribution is -2.65. The summed E-state index contributed by atoms with van der Waals surface area (Å²) in [6.45, 7) is 2.62. The van der Waals surface area contributed by atoms with Crippen LogP contribution in [0.15, 0.2) is 48.6 Å². The van der Waals surface area contributed by atoms with Gasteiger partial charge in [-0.2, -0.15) is 0 Å². The molecular formula is C43H75NO13. The smallest absolute Gasteiger partial charge is 0.220 e. The number of amides is 1. The maximum absolute atomic E-state index is 13.0. The van der Waals surface area contributed by atoms with Crippen molar-refractivity contribution in [2.75, 3.05) is 19.8 Å². The Morgan fingerprint density at radius 2 is 1.21 bits per heavy atom. The third-order valence-corrected chi connectivity index (χ3v) is 10.3. The van der Waals surface area contributed by atoms with Gasteiger partial charge in [-0.15, -0.1) is 0 Å². The number of aliphatic hydroxyl groups is 8. The number of allylic oxidation sites excluding steroid dienone is 8. The van der Waals surface area contributed by atoms with Crippen LogP contribution in [0.1, 0.15) is 123 Å². The van der Waals surface area contributed by atoms with Crippen LogP contribution in [0.2, 0.25) is 0 Å². The van der Waals surface area contributed by atoms with Gasteiger partial charge in [-0.05, 0) is 51.4 Å². The summed E-state index contributed by atoms with van der Waals surface area (Å²) in [5, 5.41) is 86.3. The molecule has 0 aliphatic carbocycles. The van der Waals surface area contributed by atoms with E-state index in [4.69, 9.17) is 18.9 Å². The molecule has 0 bridgehead atoms. The predicted molar refractivity (Wildman–Crippen MR) is 217 cm³/mol. The third-order valence-electron chi connectivity index (χ3n) is 10.3. The van der Waals surface area contributed by atoms with Crippen LogP contribution in [0.3, 0.4) is 0 Å². The minimum absolute atomic E-state index is 0.249. The minimum Gasteiger partial charge on any atom is -0.394 e. The highest BCUT2D eigenvalue weighted by atomic mass is 16.7. The molecule has 0 saturated carbocycles. The highest BCUT2D eigenvalue weighted by Gasteiger charge is 2.50. The van der Waals surface area contributed by atoms with E-state index >= 15 is 0 Å². The van der Waals surface area contributed by atoms with Crippen LogP contribution in [0.25, 0.3) is 0 Å². The van der Waals surface area contributed by atoms with Crippen LogP contribution >= 0.6 is 0 Å². The normalized spacial score (nSPS) is 29.6. The van der Waals surface area contributed by atoms with Crippen molar-refractivity contribution < 1.29 is 64.6 Å².